The van der Waals surface area contributed by atoms with Gasteiger partial charge in [0.2, 0.25) is 11.8 Å². The number of nitrogens with one attached hydrogen (secondary N) is 2. The van der Waals surface area contributed by atoms with Crippen LogP contribution in [0, 0.1) is 0 Å². The summed E-state index contributed by atoms with van der Waals surface area (Å²) >= 11 is 1.68. The van der Waals surface area contributed by atoms with Gasteiger partial charge in [0.1, 0.15) is 0 Å². The van der Waals surface area contributed by atoms with E-state index in [4.69, 9.17) is 4.42 Å². The van der Waals surface area contributed by atoms with E-state index in [-0.39, 0.29) is 24.8 Å². The smallest absolute Gasteiger partial charge is 0.287 e. The van der Waals surface area contributed by atoms with E-state index in [2.05, 4.69) is 32.4 Å². The third-order valence-electron chi connectivity index (χ3n) is 4.30. The van der Waals surface area contributed by atoms with E-state index in [9.17, 15) is 14.4 Å². The molecule has 8 nitrogen and oxygen atoms in total. The van der Waals surface area contributed by atoms with Gasteiger partial charge in [-0.15, -0.1) is 0 Å². The van der Waals surface area contributed by atoms with Crippen molar-refractivity contribution < 1.29 is 18.8 Å². The Hall–Kier alpha value is -2.65. The molecule has 2 aromatic rings. The molecular weight excluding hydrogens is 368 g/mol. The molecule has 0 radical (unpaired) electrons. The van der Waals surface area contributed by atoms with Crippen LogP contribution in [0.5, 0.6) is 0 Å². The predicted molar refractivity (Wildman–Crippen MR) is 100 cm³/mol. The van der Waals surface area contributed by atoms with Crippen LogP contribution in [0.2, 0.25) is 0 Å². The van der Waals surface area contributed by atoms with Crippen LogP contribution in [0.1, 0.15) is 16.1 Å². The summed E-state index contributed by atoms with van der Waals surface area (Å²) in [5.41, 5.74) is 1.30. The number of rotatable bonds is 7. The number of carbonyl (C=O) groups excluding carboxylic acids is 3. The van der Waals surface area contributed by atoms with Crippen molar-refractivity contribution in [3.8, 4) is 0 Å². The molecule has 3 heterocycles. The van der Waals surface area contributed by atoms with Crippen molar-refractivity contribution in [3.05, 3.63) is 46.5 Å². The van der Waals surface area contributed by atoms with E-state index in [0.717, 1.165) is 19.6 Å². The van der Waals surface area contributed by atoms with Crippen LogP contribution in [0.3, 0.4) is 0 Å². The summed E-state index contributed by atoms with van der Waals surface area (Å²) in [5, 5.41) is 9.18. The van der Waals surface area contributed by atoms with Crippen LogP contribution >= 0.6 is 11.3 Å². The van der Waals surface area contributed by atoms with E-state index in [1.54, 1.807) is 22.3 Å². The first-order valence-corrected chi connectivity index (χ1v) is 9.65. The van der Waals surface area contributed by atoms with E-state index >= 15 is 0 Å². The van der Waals surface area contributed by atoms with Crippen LogP contribution in [0.15, 0.2) is 39.6 Å². The molecule has 0 spiro atoms. The second-order valence-electron chi connectivity index (χ2n) is 6.23. The predicted octanol–water partition coefficient (Wildman–Crippen LogP) is 0.532. The molecule has 1 saturated heterocycles. The van der Waals surface area contributed by atoms with Crippen molar-refractivity contribution in [2.45, 2.75) is 6.54 Å². The highest BCUT2D eigenvalue weighted by molar-refractivity contribution is 7.07. The van der Waals surface area contributed by atoms with Crippen molar-refractivity contribution in [3.63, 3.8) is 0 Å². The zero-order chi connectivity index (χ0) is 19.1. The van der Waals surface area contributed by atoms with Gasteiger partial charge in [-0.25, -0.2) is 0 Å². The molecule has 0 bridgehead atoms. The zero-order valence-electron chi connectivity index (χ0n) is 14.8. The average molecular weight is 390 g/mol. The molecule has 9 heteroatoms. The number of piperazine rings is 1. The maximum absolute atomic E-state index is 12.2. The molecule has 3 rings (SSSR count). The first kappa shape index (κ1) is 19.1. The fraction of sp³-hybridized carbons (Fsp3) is 0.389. The first-order valence-electron chi connectivity index (χ1n) is 8.71. The van der Waals surface area contributed by atoms with Gasteiger partial charge in [-0.1, -0.05) is 0 Å². The van der Waals surface area contributed by atoms with E-state index in [0.29, 0.717) is 13.1 Å². The third-order valence-corrected chi connectivity index (χ3v) is 5.03. The maximum atomic E-state index is 12.2. The number of amides is 3. The molecule has 0 atom stereocenters. The van der Waals surface area contributed by atoms with E-state index < -0.39 is 11.8 Å². The molecule has 3 amide bonds. The largest absolute Gasteiger partial charge is 0.459 e. The Balaban J connectivity index is 1.32. The SMILES string of the molecule is O=C(CNC(=O)c1ccco1)NCC(=O)N1CCN(Cc2ccsc2)CC1. The minimum absolute atomic E-state index is 0.0695. The molecule has 1 fully saturated rings. The standard InChI is InChI=1S/C18H22N4O4S/c23-16(10-20-18(25)15-2-1-8-26-15)19-11-17(24)22-6-4-21(5-7-22)12-14-3-9-27-13-14/h1-3,8-9,13H,4-7,10-12H2,(H,19,23)(H,20,25). The number of carbonyl (C=O) groups is 3. The average Bonchev–Trinajstić information content (AvgIpc) is 3.39. The summed E-state index contributed by atoms with van der Waals surface area (Å²) in [6.45, 7) is 3.55. The Labute approximate surface area is 161 Å². The number of hydrogen-bond donors (Lipinski definition) is 2. The molecule has 144 valence electrons. The highest BCUT2D eigenvalue weighted by Gasteiger charge is 2.21. The monoisotopic (exact) mass is 390 g/mol. The quantitative estimate of drug-likeness (QED) is 0.719. The molecule has 0 aromatic carbocycles. The highest BCUT2D eigenvalue weighted by atomic mass is 32.1. The van der Waals surface area contributed by atoms with E-state index in [1.165, 1.54) is 17.9 Å². The number of thiophene rings is 1. The maximum Gasteiger partial charge on any atom is 0.287 e. The van der Waals surface area contributed by atoms with Gasteiger partial charge in [0.05, 0.1) is 19.4 Å². The topological polar surface area (TPSA) is 94.9 Å². The van der Waals surface area contributed by atoms with Crippen molar-refractivity contribution in [1.82, 2.24) is 20.4 Å². The van der Waals surface area contributed by atoms with Gasteiger partial charge in [0.15, 0.2) is 5.76 Å². The minimum atomic E-state index is -0.469. The van der Waals surface area contributed by atoms with Gasteiger partial charge >= 0.3 is 0 Å². The van der Waals surface area contributed by atoms with Crippen molar-refractivity contribution in [2.24, 2.45) is 0 Å². The summed E-state index contributed by atoms with van der Waals surface area (Å²) in [6.07, 6.45) is 1.38. The highest BCUT2D eigenvalue weighted by Crippen LogP contribution is 2.11. The van der Waals surface area contributed by atoms with Crippen molar-refractivity contribution >= 4 is 29.1 Å². The lowest BCUT2D eigenvalue weighted by Crippen LogP contribution is -2.51. The van der Waals surface area contributed by atoms with Gasteiger partial charge < -0.3 is 20.0 Å². The van der Waals surface area contributed by atoms with Crippen LogP contribution < -0.4 is 10.6 Å². The summed E-state index contributed by atoms with van der Waals surface area (Å²) < 4.78 is 4.94. The van der Waals surface area contributed by atoms with Gasteiger partial charge in [0.25, 0.3) is 5.91 Å². The first-order chi connectivity index (χ1) is 13.1. The molecule has 1 aliphatic rings. The molecule has 1 aliphatic heterocycles. The van der Waals surface area contributed by atoms with Gasteiger partial charge in [0, 0.05) is 32.7 Å². The molecular formula is C18H22N4O4S. The summed E-state index contributed by atoms with van der Waals surface area (Å²) in [4.78, 5) is 39.8. The lowest BCUT2D eigenvalue weighted by molar-refractivity contribution is -0.134. The number of nitrogens with zero attached hydrogens (tertiary/aromatic N) is 2. The fourth-order valence-corrected chi connectivity index (χ4v) is 3.46. The Kier molecular flexibility index (Phi) is 6.61. The Morgan fingerprint density at radius 2 is 1.89 bits per heavy atom. The van der Waals surface area contributed by atoms with Crippen LogP contribution in [0.25, 0.3) is 0 Å². The second-order valence-corrected chi connectivity index (χ2v) is 7.01. The van der Waals surface area contributed by atoms with Gasteiger partial charge in [-0.05, 0) is 34.5 Å². The van der Waals surface area contributed by atoms with Crippen molar-refractivity contribution in [2.75, 3.05) is 39.3 Å². The lowest BCUT2D eigenvalue weighted by atomic mass is 10.2. The Bertz CT molecular complexity index is 752. The lowest BCUT2D eigenvalue weighted by Gasteiger charge is -2.34. The minimum Gasteiger partial charge on any atom is -0.459 e. The second kappa shape index (κ2) is 9.33. The number of furan rings is 1. The van der Waals surface area contributed by atoms with Gasteiger partial charge in [-0.3, -0.25) is 19.3 Å². The van der Waals surface area contributed by atoms with Crippen LogP contribution in [-0.4, -0.2) is 66.8 Å². The zero-order valence-corrected chi connectivity index (χ0v) is 15.7. The summed E-state index contributed by atoms with van der Waals surface area (Å²) in [6, 6.07) is 5.21. The number of hydrogen-bond acceptors (Lipinski definition) is 6. The molecule has 0 unspecified atom stereocenters. The molecule has 2 aromatic heterocycles. The van der Waals surface area contributed by atoms with Crippen LogP contribution in [-0.2, 0) is 16.1 Å². The Morgan fingerprint density at radius 3 is 2.56 bits per heavy atom. The normalized spacial score (nSPS) is 14.7. The molecule has 2 N–H and O–H groups in total. The fourth-order valence-electron chi connectivity index (χ4n) is 2.80. The van der Waals surface area contributed by atoms with E-state index in [1.807, 2.05) is 0 Å². The van der Waals surface area contributed by atoms with Crippen LogP contribution in [0.4, 0.5) is 0 Å². The van der Waals surface area contributed by atoms with Gasteiger partial charge in [-0.2, -0.15) is 11.3 Å². The molecule has 27 heavy (non-hydrogen) atoms. The Morgan fingerprint density at radius 1 is 1.07 bits per heavy atom. The van der Waals surface area contributed by atoms with Crippen molar-refractivity contribution in [1.29, 1.82) is 0 Å². The molecule has 0 saturated carbocycles. The molecule has 0 aliphatic carbocycles. The summed E-state index contributed by atoms with van der Waals surface area (Å²) in [7, 11) is 0. The third kappa shape index (κ3) is 5.66. The summed E-state index contributed by atoms with van der Waals surface area (Å²) in [5.74, 6) is -0.863.